The molecule has 1 heterocycles. The molecule has 0 unspecified atom stereocenters. The molecule has 6 heteroatoms. The molecule has 0 N–H and O–H groups in total. The van der Waals surface area contributed by atoms with Crippen LogP contribution < -0.4 is 0 Å². The Bertz CT molecular complexity index is 308. The number of rotatable bonds is 1. The van der Waals surface area contributed by atoms with Crippen molar-refractivity contribution in [3.8, 4) is 0 Å². The van der Waals surface area contributed by atoms with Crippen molar-refractivity contribution in [2.75, 3.05) is 0 Å². The van der Waals surface area contributed by atoms with E-state index in [0.717, 1.165) is 0 Å². The van der Waals surface area contributed by atoms with Crippen LogP contribution in [0.15, 0.2) is 10.7 Å². The highest BCUT2D eigenvalue weighted by molar-refractivity contribution is 14.1. The Morgan fingerprint density at radius 2 is 2.17 bits per heavy atom. The van der Waals surface area contributed by atoms with Crippen LogP contribution >= 0.6 is 50.1 Å². The number of halogens is 5. The van der Waals surface area contributed by atoms with Gasteiger partial charge in [0, 0.05) is 3.57 Å². The molecule has 0 amide bonds. The van der Waals surface area contributed by atoms with Gasteiger partial charge in [0.2, 0.25) is 0 Å². The molecule has 66 valence electrons. The molecule has 0 saturated carbocycles. The molecule has 1 aromatic heterocycles. The third-order valence-corrected chi connectivity index (χ3v) is 3.09. The van der Waals surface area contributed by atoms with Gasteiger partial charge in [-0.05, 0) is 44.6 Å². The van der Waals surface area contributed by atoms with Gasteiger partial charge in [0.05, 0.1) is 5.02 Å². The van der Waals surface area contributed by atoms with E-state index >= 15 is 0 Å². The molecule has 0 spiro atoms. The number of nitrogens with zero attached hydrogens (tertiary/aromatic N) is 1. The summed E-state index contributed by atoms with van der Waals surface area (Å²) in [6, 6.07) is 1.58. The molecule has 12 heavy (non-hydrogen) atoms. The summed E-state index contributed by atoms with van der Waals surface area (Å²) in [6.45, 7) is 0. The second-order valence-electron chi connectivity index (χ2n) is 1.93. The molecule has 0 aliphatic rings. The summed E-state index contributed by atoms with van der Waals surface area (Å²) in [5, 5.41) is 0.0220. The molecule has 0 aliphatic heterocycles. The maximum atomic E-state index is 12.2. The zero-order chi connectivity index (χ0) is 9.30. The first-order chi connectivity index (χ1) is 5.52. The van der Waals surface area contributed by atoms with Gasteiger partial charge >= 0.3 is 0 Å². The molecular weight excluding hydrogens is 366 g/mol. The summed E-state index contributed by atoms with van der Waals surface area (Å²) in [4.78, 5) is 3.56. The lowest BCUT2D eigenvalue weighted by molar-refractivity contribution is 0.146. The smallest absolute Gasteiger partial charge is 0.238 e. The Kier molecular flexibility index (Phi) is 3.66. The molecule has 1 rings (SSSR count). The fraction of sp³-hybridized carbons (Fsp3) is 0.167. The van der Waals surface area contributed by atoms with Gasteiger partial charge < -0.3 is 0 Å². The summed E-state index contributed by atoms with van der Waals surface area (Å²) in [5.41, 5.74) is -0.379. The zero-order valence-electron chi connectivity index (χ0n) is 5.49. The fourth-order valence-corrected chi connectivity index (χ4v) is 2.23. The van der Waals surface area contributed by atoms with Crippen LogP contribution in [0, 0.1) is 3.57 Å². The number of hydrogen-bond donors (Lipinski definition) is 0. The Morgan fingerprint density at radius 3 is 2.67 bits per heavy atom. The standard InChI is InChI=1S/C6H2BrClF2IN/c7-3-1-2(11)4(8)5(12-3)6(9)10/h1,6H. The van der Waals surface area contributed by atoms with Gasteiger partial charge in [-0.15, -0.1) is 0 Å². The molecule has 0 radical (unpaired) electrons. The molecule has 0 fully saturated rings. The van der Waals surface area contributed by atoms with E-state index in [4.69, 9.17) is 11.6 Å². The van der Waals surface area contributed by atoms with Crippen molar-refractivity contribution in [1.29, 1.82) is 0 Å². The normalized spacial score (nSPS) is 10.8. The fourth-order valence-electron chi connectivity index (χ4n) is 0.631. The van der Waals surface area contributed by atoms with Crippen molar-refractivity contribution in [3.05, 3.63) is 25.0 Å². The highest BCUT2D eigenvalue weighted by atomic mass is 127. The summed E-state index contributed by atoms with van der Waals surface area (Å²) >= 11 is 10.5. The van der Waals surface area contributed by atoms with Crippen molar-refractivity contribution in [2.45, 2.75) is 6.43 Å². The van der Waals surface area contributed by atoms with E-state index in [0.29, 0.717) is 8.17 Å². The van der Waals surface area contributed by atoms with Crippen LogP contribution in [0.25, 0.3) is 0 Å². The van der Waals surface area contributed by atoms with E-state index in [2.05, 4.69) is 20.9 Å². The number of hydrogen-bond acceptors (Lipinski definition) is 1. The van der Waals surface area contributed by atoms with E-state index in [9.17, 15) is 8.78 Å². The van der Waals surface area contributed by atoms with Crippen LogP contribution in [0.3, 0.4) is 0 Å². The molecule has 1 nitrogen and oxygen atoms in total. The van der Waals surface area contributed by atoms with Crippen molar-refractivity contribution in [2.24, 2.45) is 0 Å². The van der Waals surface area contributed by atoms with Crippen LogP contribution in [0.5, 0.6) is 0 Å². The minimum absolute atomic E-state index is 0.0220. The lowest BCUT2D eigenvalue weighted by atomic mass is 10.4. The van der Waals surface area contributed by atoms with Gasteiger partial charge in [-0.2, -0.15) is 0 Å². The Balaban J connectivity index is 3.28. The van der Waals surface area contributed by atoms with Gasteiger partial charge in [0.1, 0.15) is 10.3 Å². The second-order valence-corrected chi connectivity index (χ2v) is 4.28. The third kappa shape index (κ3) is 2.26. The van der Waals surface area contributed by atoms with E-state index in [1.807, 2.05) is 22.6 Å². The predicted molar refractivity (Wildman–Crippen MR) is 54.6 cm³/mol. The van der Waals surface area contributed by atoms with Crippen LogP contribution in [-0.4, -0.2) is 4.98 Å². The lowest BCUT2D eigenvalue weighted by Crippen LogP contribution is -1.94. The van der Waals surface area contributed by atoms with Crippen LogP contribution in [0.4, 0.5) is 8.78 Å². The van der Waals surface area contributed by atoms with E-state index in [1.54, 1.807) is 6.07 Å². The molecule has 0 aromatic carbocycles. The van der Waals surface area contributed by atoms with Crippen LogP contribution in [0.1, 0.15) is 12.1 Å². The summed E-state index contributed by atoms with van der Waals surface area (Å²) in [5.74, 6) is 0. The van der Waals surface area contributed by atoms with Crippen molar-refractivity contribution >= 4 is 50.1 Å². The Hall–Kier alpha value is 0.510. The first-order valence-corrected chi connectivity index (χ1v) is 5.07. The zero-order valence-corrected chi connectivity index (χ0v) is 9.99. The minimum Gasteiger partial charge on any atom is -0.238 e. The topological polar surface area (TPSA) is 12.9 Å². The average Bonchev–Trinajstić information content (AvgIpc) is 1.96. The highest BCUT2D eigenvalue weighted by Gasteiger charge is 2.16. The van der Waals surface area contributed by atoms with E-state index < -0.39 is 6.43 Å². The maximum absolute atomic E-state index is 12.2. The Labute approximate surface area is 94.8 Å². The molecule has 0 saturated heterocycles. The monoisotopic (exact) mass is 367 g/mol. The second kappa shape index (κ2) is 4.15. The summed E-state index contributed by atoms with van der Waals surface area (Å²) in [6.07, 6.45) is -2.64. The predicted octanol–water partition coefficient (Wildman–Crippen LogP) is 4.04. The van der Waals surface area contributed by atoms with E-state index in [-0.39, 0.29) is 10.7 Å². The lowest BCUT2D eigenvalue weighted by Gasteiger charge is -2.03. The van der Waals surface area contributed by atoms with Gasteiger partial charge in [-0.3, -0.25) is 0 Å². The van der Waals surface area contributed by atoms with Crippen LogP contribution in [0.2, 0.25) is 5.02 Å². The summed E-state index contributed by atoms with van der Waals surface area (Å²) in [7, 11) is 0. The van der Waals surface area contributed by atoms with Crippen LogP contribution in [-0.2, 0) is 0 Å². The summed E-state index contributed by atoms with van der Waals surface area (Å²) < 4.78 is 25.4. The van der Waals surface area contributed by atoms with Crippen molar-refractivity contribution in [1.82, 2.24) is 4.98 Å². The minimum atomic E-state index is -2.64. The SMILES string of the molecule is FC(F)c1nc(Br)cc(I)c1Cl. The quantitative estimate of drug-likeness (QED) is 0.539. The molecular formula is C6H2BrClF2IN. The third-order valence-electron chi connectivity index (χ3n) is 1.11. The molecule has 1 aromatic rings. The van der Waals surface area contributed by atoms with Gasteiger partial charge in [-0.1, -0.05) is 11.6 Å². The van der Waals surface area contributed by atoms with Gasteiger partial charge in [0.15, 0.2) is 0 Å². The maximum Gasteiger partial charge on any atom is 0.281 e. The number of alkyl halides is 2. The van der Waals surface area contributed by atoms with E-state index in [1.165, 1.54) is 0 Å². The van der Waals surface area contributed by atoms with Crippen molar-refractivity contribution in [3.63, 3.8) is 0 Å². The molecule has 0 aliphatic carbocycles. The highest BCUT2D eigenvalue weighted by Crippen LogP contribution is 2.30. The van der Waals surface area contributed by atoms with Gasteiger partial charge in [0.25, 0.3) is 6.43 Å². The average molecular weight is 368 g/mol. The number of pyridine rings is 1. The first-order valence-electron chi connectivity index (χ1n) is 2.82. The molecule has 0 atom stereocenters. The molecule has 0 bridgehead atoms. The first kappa shape index (κ1) is 10.6. The Morgan fingerprint density at radius 1 is 1.58 bits per heavy atom. The van der Waals surface area contributed by atoms with Gasteiger partial charge in [-0.25, -0.2) is 13.8 Å². The largest absolute Gasteiger partial charge is 0.281 e. The number of aromatic nitrogens is 1. The van der Waals surface area contributed by atoms with Crippen molar-refractivity contribution < 1.29 is 8.78 Å².